The Kier molecular flexibility index (Phi) is 26.8. The molecule has 18 rings (SSSR count). The number of rotatable bonds is 21. The number of fused-ring (bicyclic) bond motifs is 17. The van der Waals surface area contributed by atoms with Gasteiger partial charge in [-0.05, 0) is 403 Å². The van der Waals surface area contributed by atoms with Gasteiger partial charge in [-0.25, -0.2) is 0 Å². The summed E-state index contributed by atoms with van der Waals surface area (Å²) < 4.78 is 29.1. The number of aliphatic carboxylic acids is 2. The molecule has 674 valence electrons. The van der Waals surface area contributed by atoms with Crippen molar-refractivity contribution >= 4 is 43.3 Å². The lowest BCUT2D eigenvalue weighted by molar-refractivity contribution is -0.218. The highest BCUT2D eigenvalue weighted by Crippen LogP contribution is 2.74. The zero-order valence-electron chi connectivity index (χ0n) is 75.1. The molecule has 0 unspecified atom stereocenters. The van der Waals surface area contributed by atoms with E-state index in [0.29, 0.717) is 97.9 Å². The Hall–Kier alpha value is -3.95. The van der Waals surface area contributed by atoms with Crippen LogP contribution in [-0.4, -0.2) is 150 Å². The molecule has 0 heterocycles. The van der Waals surface area contributed by atoms with Gasteiger partial charge in [-0.15, -0.1) is 0 Å². The monoisotopic (exact) mass is 1670 g/mol. The lowest BCUT2D eigenvalue weighted by Crippen LogP contribution is -2.63. The minimum absolute atomic E-state index is 0.00956. The molecule has 20 heteroatoms. The molecule has 0 saturated heterocycles. The number of esters is 2. The third-order valence-corrected chi connectivity index (χ3v) is 40.4. The van der Waals surface area contributed by atoms with E-state index in [4.69, 9.17) is 28.8 Å². The first kappa shape index (κ1) is 91.3. The molecule has 18 saturated carbocycles. The van der Waals surface area contributed by atoms with Crippen LogP contribution in [0.25, 0.3) is 0 Å². The lowest BCUT2D eigenvalue weighted by atomic mass is 9.43. The van der Waals surface area contributed by atoms with Crippen LogP contribution in [0.4, 0.5) is 0 Å². The number of carbonyl (C=O) groups excluding carboxylic acids is 5. The van der Waals surface area contributed by atoms with Gasteiger partial charge in [-0.3, -0.25) is 33.6 Å². The lowest BCUT2D eigenvalue weighted by Gasteiger charge is -2.64. The Morgan fingerprint density at radius 1 is 0.429 bits per heavy atom. The van der Waals surface area contributed by atoms with E-state index in [1.165, 1.54) is 38.5 Å². The van der Waals surface area contributed by atoms with Gasteiger partial charge in [0.15, 0.2) is 0 Å². The Bertz CT molecular complexity index is 3540. The Labute approximate surface area is 711 Å². The molecule has 0 radical (unpaired) electrons. The van der Waals surface area contributed by atoms with Crippen LogP contribution in [-0.2, 0) is 57.2 Å². The first-order valence-corrected chi connectivity index (χ1v) is 48.4. The van der Waals surface area contributed by atoms with E-state index >= 15 is 0 Å². The molecular weight excluding hydrogens is 1510 g/mol. The summed E-state index contributed by atoms with van der Waals surface area (Å²) in [5, 5.41) is 84.6. The highest BCUT2D eigenvalue weighted by molar-refractivity contribution is 5.75. The van der Waals surface area contributed by atoms with Crippen LogP contribution in [0.15, 0.2) is 0 Å². The number of aliphatic hydroxyl groups excluding tert-OH is 6. The van der Waals surface area contributed by atoms with Crippen LogP contribution in [0.5, 0.6) is 0 Å². The van der Waals surface area contributed by atoms with E-state index in [2.05, 4.69) is 69.2 Å². The number of hydrogen-bond acceptors (Lipinski definition) is 18. The van der Waals surface area contributed by atoms with E-state index in [9.17, 15) is 69.3 Å². The van der Waals surface area contributed by atoms with Crippen molar-refractivity contribution in [3.05, 3.63) is 0 Å². The fraction of sp³-hybridized carbons (Fsp3) is 0.929. The van der Waals surface area contributed by atoms with Crippen LogP contribution in [0.1, 0.15) is 334 Å². The molecule has 6 bridgehead atoms. The van der Waals surface area contributed by atoms with Crippen molar-refractivity contribution in [2.45, 2.75) is 400 Å². The summed E-state index contributed by atoms with van der Waals surface area (Å²) in [6.45, 7) is 30.2. The van der Waals surface area contributed by atoms with Crippen LogP contribution < -0.4 is 0 Å². The topological polar surface area (TPSA) is 327 Å². The molecule has 0 aromatic heterocycles. The van der Waals surface area contributed by atoms with Gasteiger partial charge >= 0.3 is 23.9 Å². The maximum absolute atomic E-state index is 13.3. The summed E-state index contributed by atoms with van der Waals surface area (Å²) in [4.78, 5) is 82.8. The zero-order chi connectivity index (χ0) is 85.8. The van der Waals surface area contributed by atoms with Gasteiger partial charge in [-0.1, -0.05) is 69.2 Å². The summed E-state index contributed by atoms with van der Waals surface area (Å²) in [6.07, 6.45) is 31.7. The van der Waals surface area contributed by atoms with Gasteiger partial charge in [0.05, 0.1) is 42.0 Å². The molecule has 0 aromatic rings. The van der Waals surface area contributed by atoms with Gasteiger partial charge < -0.3 is 64.5 Å². The molecule has 18 fully saturated rings. The van der Waals surface area contributed by atoms with Crippen molar-refractivity contribution in [2.75, 3.05) is 0 Å². The summed E-state index contributed by atoms with van der Waals surface area (Å²) in [5.41, 5.74) is -1.53. The minimum Gasteiger partial charge on any atom is -0.481 e. The average molecular weight is 1670 g/mol. The van der Waals surface area contributed by atoms with Crippen LogP contribution in [0.3, 0.4) is 0 Å². The van der Waals surface area contributed by atoms with E-state index in [1.807, 2.05) is 20.8 Å². The summed E-state index contributed by atoms with van der Waals surface area (Å²) >= 11 is 0. The minimum atomic E-state index is -0.748. The van der Waals surface area contributed by atoms with E-state index in [-0.39, 0.29) is 164 Å². The number of carboxylic acid groups (broad SMARTS) is 2. The molecule has 0 spiro atoms. The fourth-order valence-corrected chi connectivity index (χ4v) is 34.7. The number of carboxylic acids is 2. The quantitative estimate of drug-likeness (QED) is 0.0301. The van der Waals surface area contributed by atoms with Crippen molar-refractivity contribution in [2.24, 2.45) is 174 Å². The Morgan fingerprint density at radius 3 is 1.31 bits per heavy atom. The van der Waals surface area contributed by atoms with Crippen LogP contribution in [0, 0.1) is 174 Å². The van der Waals surface area contributed by atoms with Crippen LogP contribution >= 0.6 is 0 Å². The van der Waals surface area contributed by atoms with Gasteiger partial charge in [0.1, 0.15) is 29.5 Å². The average Bonchev–Trinajstić information content (AvgIpc) is 1.66. The fourth-order valence-electron chi connectivity index (χ4n) is 34.7. The van der Waals surface area contributed by atoms with Crippen molar-refractivity contribution in [1.29, 1.82) is 0 Å². The second-order valence-corrected chi connectivity index (χ2v) is 46.7. The number of aliphatic hydroxyl groups is 6. The van der Waals surface area contributed by atoms with E-state index < -0.39 is 23.6 Å². The predicted octanol–water partition coefficient (Wildman–Crippen LogP) is 16.9. The molecule has 20 nitrogen and oxygen atoms in total. The second kappa shape index (κ2) is 35.0. The Balaban J connectivity index is 0.000000138. The summed E-state index contributed by atoms with van der Waals surface area (Å²) in [7, 11) is 0. The molecule has 8 N–H and O–H groups in total. The van der Waals surface area contributed by atoms with Gasteiger partial charge in [0, 0.05) is 30.6 Å². The third kappa shape index (κ3) is 16.7. The standard InChI is InChI=1S/C36H54O8.C28H48O5.C24H40O5.C11H16O2/c1-5-36(18-23-7-8-24(36)14-23)44-32(40)11-6-22(2)27-9-10-28-33-29(17-31(43-21-39)35(27,28)4)34(3)13-12-26(41-19-37)15-25(34)16-30(33)42-20-38;1-16(7-10-24(32)33-26(2,3)4)19-8-9-20-25-21(15-23(31)28(19,20)6)27(5)12-11-18(29)13-17(27)14-22(25)30;1-13(4-7-21(28)29)16-5-6-17-22-18(12-20(27)24(16,17)3)23(2)9-8-15(25)10-14(23)11-19(22)26;12-10(13)11-4-7-1-8(5-11)3-9(2-7)6-11/h19-31,33H,5-18H2,1-4H3;16-23,25,29-31H,7-15H2,1-6H3;13-20,22,25-27H,4-12H2,1-3H3,(H,28,29);7-9H,1-6H2,(H,12,13)/t22-,23-,24+,25+,26-,27-,28+,29+,30-,31+,33+,34+,35-,36+;16-,17+,18-,19-,20+,21+,22-,23+,25+,27+,28-;13-,14+,15-,16-,17+,18+,19-,20+,22+,23+,24-;/m111./s1. The highest BCUT2D eigenvalue weighted by atomic mass is 16.6. The molecule has 36 atom stereocenters. The summed E-state index contributed by atoms with van der Waals surface area (Å²) in [5.74, 6) is 7.17. The number of hydrogen-bond donors (Lipinski definition) is 8. The molecule has 18 aliphatic carbocycles. The van der Waals surface area contributed by atoms with Gasteiger partial charge in [0.25, 0.3) is 19.4 Å². The smallest absolute Gasteiger partial charge is 0.309 e. The maximum Gasteiger partial charge on any atom is 0.309 e. The van der Waals surface area contributed by atoms with E-state index in [0.717, 1.165) is 203 Å². The zero-order valence-corrected chi connectivity index (χ0v) is 75.1. The molecular formula is C99H158O20. The first-order chi connectivity index (χ1) is 56.2. The number of ether oxygens (including phenoxy) is 5. The van der Waals surface area contributed by atoms with Crippen molar-refractivity contribution < 1.29 is 98.1 Å². The Morgan fingerprint density at radius 2 is 0.874 bits per heavy atom. The van der Waals surface area contributed by atoms with Crippen molar-refractivity contribution in [3.63, 3.8) is 0 Å². The van der Waals surface area contributed by atoms with Gasteiger partial charge in [-0.2, -0.15) is 0 Å². The molecule has 18 aliphatic rings. The van der Waals surface area contributed by atoms with E-state index in [1.54, 1.807) is 0 Å². The maximum atomic E-state index is 13.3. The number of carbonyl (C=O) groups is 7. The third-order valence-electron chi connectivity index (χ3n) is 40.4. The van der Waals surface area contributed by atoms with Crippen LogP contribution in [0.2, 0.25) is 0 Å². The molecule has 119 heavy (non-hydrogen) atoms. The molecule has 0 aromatic carbocycles. The molecule has 0 amide bonds. The summed E-state index contributed by atoms with van der Waals surface area (Å²) in [6, 6.07) is 0. The molecule has 0 aliphatic heterocycles. The normalized spacial score (nSPS) is 49.7. The largest absolute Gasteiger partial charge is 0.481 e. The predicted molar refractivity (Wildman–Crippen MR) is 448 cm³/mol. The van der Waals surface area contributed by atoms with Crippen molar-refractivity contribution in [3.8, 4) is 0 Å². The first-order valence-electron chi connectivity index (χ1n) is 48.4. The highest BCUT2D eigenvalue weighted by Gasteiger charge is 2.71. The van der Waals surface area contributed by atoms with Gasteiger partial charge in [0.2, 0.25) is 0 Å². The SMILES string of the molecule is CC[C@]1(OC(=O)CC[C@@H](C)[C@H]2CC[C@H]3[C@@H]4[C@H](OC=O)C[C@@H]5C[C@H](OC=O)CC[C@]5(C)[C@H]4C[C@H](OC=O)[C@]23C)C[C@@H]2CC[C@H]1C2.C[C@H](CCC(=O)O)[C@H]1CC[C@H]2[C@@H]3[C@H](O)C[C@@H]4C[C@H](O)CC[C@]4(C)[C@H]3C[C@H](O)[C@]12C.C[C@H](CCC(=O)OC(C)(C)C)[C@H]1CC[C@H]2[C@@H]3[C@H](O)C[C@@H]4C[C@H](O)CC[C@]4(C)[C@H]3C[C@H](O)[C@]12C.O=C(O)C12CC3CC(CC(C3)C1)C2. The second-order valence-electron chi connectivity index (χ2n) is 46.7. The van der Waals surface area contributed by atoms with Crippen molar-refractivity contribution in [1.82, 2.24) is 0 Å².